The van der Waals surface area contributed by atoms with E-state index in [1.807, 2.05) is 0 Å². The molecule has 15 heavy (non-hydrogen) atoms. The second kappa shape index (κ2) is 4.97. The fourth-order valence-corrected chi connectivity index (χ4v) is 1.08. The van der Waals surface area contributed by atoms with E-state index in [9.17, 15) is 9.59 Å². The van der Waals surface area contributed by atoms with Crippen LogP contribution in [-0.2, 0) is 14.3 Å². The first kappa shape index (κ1) is 11.0. The highest BCUT2D eigenvalue weighted by Crippen LogP contribution is 2.10. The van der Waals surface area contributed by atoms with Gasteiger partial charge in [-0.3, -0.25) is 9.59 Å². The van der Waals surface area contributed by atoms with Gasteiger partial charge >= 0.3 is 11.8 Å². The molecule has 1 aliphatic rings. The van der Waals surface area contributed by atoms with Gasteiger partial charge in [0.05, 0.1) is 7.11 Å². The number of Topliss-reactive ketones (excluding diaryl/α,β-unsaturated/α-hetero) is 1. The SMILES string of the molecule is COC(=O)CCC1=CC=NC(=[N+]=[N-])C1=O. The number of esters is 1. The van der Waals surface area contributed by atoms with Crippen LogP contribution in [0.3, 0.4) is 0 Å². The van der Waals surface area contributed by atoms with Crippen LogP contribution in [0.4, 0.5) is 0 Å². The first-order chi connectivity index (χ1) is 7.19. The molecule has 78 valence electrons. The van der Waals surface area contributed by atoms with Crippen molar-refractivity contribution in [1.82, 2.24) is 0 Å². The van der Waals surface area contributed by atoms with Gasteiger partial charge in [0, 0.05) is 12.0 Å². The first-order valence-corrected chi connectivity index (χ1v) is 4.26. The number of ether oxygens (including phenoxy) is 1. The Morgan fingerprint density at radius 3 is 3.00 bits per heavy atom. The minimum absolute atomic E-state index is 0.112. The smallest absolute Gasteiger partial charge is 0.449 e. The molecule has 0 aromatic heterocycles. The van der Waals surface area contributed by atoms with E-state index in [0.29, 0.717) is 5.57 Å². The van der Waals surface area contributed by atoms with Gasteiger partial charge in [0.25, 0.3) is 5.78 Å². The van der Waals surface area contributed by atoms with E-state index >= 15 is 0 Å². The average Bonchev–Trinajstić information content (AvgIpc) is 2.27. The summed E-state index contributed by atoms with van der Waals surface area (Å²) >= 11 is 0. The maximum absolute atomic E-state index is 11.4. The van der Waals surface area contributed by atoms with E-state index in [2.05, 4.69) is 14.5 Å². The van der Waals surface area contributed by atoms with Crippen molar-refractivity contribution >= 4 is 23.8 Å². The molecule has 0 unspecified atom stereocenters. The number of amidine groups is 1. The summed E-state index contributed by atoms with van der Waals surface area (Å²) in [5.74, 6) is -1.13. The number of nitrogens with zero attached hydrogens (tertiary/aromatic N) is 3. The summed E-state index contributed by atoms with van der Waals surface area (Å²) in [6.07, 6.45) is 3.19. The highest BCUT2D eigenvalue weighted by atomic mass is 16.5. The molecule has 0 amide bonds. The summed E-state index contributed by atoms with van der Waals surface area (Å²) in [7, 11) is 1.28. The number of hydrogen-bond acceptors (Lipinski definition) is 3. The van der Waals surface area contributed by atoms with Gasteiger partial charge in [-0.05, 0) is 17.5 Å². The van der Waals surface area contributed by atoms with E-state index in [-0.39, 0.29) is 18.7 Å². The maximum atomic E-state index is 11.4. The molecule has 1 aliphatic heterocycles. The van der Waals surface area contributed by atoms with Crippen molar-refractivity contribution in [3.8, 4) is 0 Å². The molecule has 0 saturated heterocycles. The number of ketones is 1. The lowest BCUT2D eigenvalue weighted by Gasteiger charge is -2.02. The van der Waals surface area contributed by atoms with E-state index in [1.54, 1.807) is 0 Å². The molecule has 0 fully saturated rings. The Morgan fingerprint density at radius 1 is 1.67 bits per heavy atom. The van der Waals surface area contributed by atoms with Gasteiger partial charge in [0.15, 0.2) is 0 Å². The molecular weight excluding hydrogens is 198 g/mol. The number of methoxy groups -OCH3 is 1. The van der Waals surface area contributed by atoms with E-state index in [0.717, 1.165) is 0 Å². The number of rotatable bonds is 3. The molecule has 0 bridgehead atoms. The lowest BCUT2D eigenvalue weighted by atomic mass is 10.0. The monoisotopic (exact) mass is 207 g/mol. The Hall–Kier alpha value is -2.07. The number of aliphatic imine (C=N–C) groups is 1. The highest BCUT2D eigenvalue weighted by molar-refractivity contribution is 6.46. The maximum Gasteiger partial charge on any atom is 0.449 e. The molecule has 0 aromatic carbocycles. The van der Waals surface area contributed by atoms with Crippen molar-refractivity contribution in [3.05, 3.63) is 17.2 Å². The van der Waals surface area contributed by atoms with E-state index in [1.165, 1.54) is 19.4 Å². The molecule has 0 aliphatic carbocycles. The molecular formula is C9H9N3O3. The Kier molecular flexibility index (Phi) is 3.65. The van der Waals surface area contributed by atoms with Crippen molar-refractivity contribution in [2.75, 3.05) is 7.11 Å². The van der Waals surface area contributed by atoms with Crippen molar-refractivity contribution in [3.63, 3.8) is 0 Å². The standard InChI is InChI=1S/C9H9N3O3/c1-15-7(13)3-2-6-4-5-11-9(12-10)8(6)14/h4-5H,2-3H2,1H3. The molecule has 6 heteroatoms. The summed E-state index contributed by atoms with van der Waals surface area (Å²) in [6, 6.07) is 0. The van der Waals surface area contributed by atoms with Gasteiger partial charge < -0.3 is 15.1 Å². The average molecular weight is 207 g/mol. The van der Waals surface area contributed by atoms with Crippen molar-refractivity contribution in [1.29, 1.82) is 0 Å². The second-order valence-corrected chi connectivity index (χ2v) is 2.80. The van der Waals surface area contributed by atoms with Crippen LogP contribution < -0.4 is 0 Å². The number of allylic oxidation sites excluding steroid dienone is 1. The van der Waals surface area contributed by atoms with Crippen LogP contribution in [0.25, 0.3) is 5.53 Å². The third kappa shape index (κ3) is 2.69. The molecule has 0 spiro atoms. The molecule has 0 atom stereocenters. The predicted octanol–water partition coefficient (Wildman–Crippen LogP) is 0.148. The normalized spacial score (nSPS) is 14.6. The minimum Gasteiger partial charge on any atom is -0.497 e. The van der Waals surface area contributed by atoms with Crippen LogP contribution in [0.1, 0.15) is 12.8 Å². The Labute approximate surface area is 85.9 Å². The van der Waals surface area contributed by atoms with E-state index < -0.39 is 11.8 Å². The zero-order valence-corrected chi connectivity index (χ0v) is 8.14. The zero-order valence-electron chi connectivity index (χ0n) is 8.14. The van der Waals surface area contributed by atoms with Crippen molar-refractivity contribution in [2.24, 2.45) is 4.99 Å². The zero-order chi connectivity index (χ0) is 11.3. The van der Waals surface area contributed by atoms with Crippen LogP contribution in [0, 0.1) is 0 Å². The Morgan fingerprint density at radius 2 is 2.40 bits per heavy atom. The molecule has 0 aromatic rings. The van der Waals surface area contributed by atoms with Gasteiger partial charge in [-0.15, -0.1) is 0 Å². The fourth-order valence-electron chi connectivity index (χ4n) is 1.08. The van der Waals surface area contributed by atoms with E-state index in [4.69, 9.17) is 5.53 Å². The lowest BCUT2D eigenvalue weighted by Crippen LogP contribution is -2.19. The van der Waals surface area contributed by atoms with Gasteiger partial charge in [0.1, 0.15) is 6.21 Å². The van der Waals surface area contributed by atoms with Crippen LogP contribution >= 0.6 is 0 Å². The highest BCUT2D eigenvalue weighted by Gasteiger charge is 2.26. The van der Waals surface area contributed by atoms with Gasteiger partial charge in [-0.1, -0.05) is 0 Å². The Balaban J connectivity index is 2.67. The van der Waals surface area contributed by atoms with Crippen LogP contribution in [0.5, 0.6) is 0 Å². The largest absolute Gasteiger partial charge is 0.497 e. The lowest BCUT2D eigenvalue weighted by molar-refractivity contribution is -0.140. The number of dihydropyridines is 1. The molecule has 1 rings (SSSR count). The summed E-state index contributed by atoms with van der Waals surface area (Å²) in [5, 5.41) is 0. The van der Waals surface area contributed by atoms with Gasteiger partial charge in [-0.2, -0.15) is 0 Å². The first-order valence-electron chi connectivity index (χ1n) is 4.26. The van der Waals surface area contributed by atoms with Gasteiger partial charge in [-0.25, -0.2) is 0 Å². The Bertz CT molecular complexity index is 403. The predicted molar refractivity (Wildman–Crippen MR) is 51.5 cm³/mol. The van der Waals surface area contributed by atoms with Gasteiger partial charge in [0.2, 0.25) is 0 Å². The second-order valence-electron chi connectivity index (χ2n) is 2.80. The topological polar surface area (TPSA) is 92.1 Å². The number of carbonyl (C=O) groups excluding carboxylic acids is 2. The third-order valence-electron chi connectivity index (χ3n) is 1.89. The molecule has 0 saturated carbocycles. The fraction of sp³-hybridized carbons (Fsp3) is 0.333. The molecule has 0 N–H and O–H groups in total. The minimum atomic E-state index is -0.469. The van der Waals surface area contributed by atoms with Crippen molar-refractivity contribution in [2.45, 2.75) is 12.8 Å². The molecule has 1 heterocycles. The number of hydrogen-bond donors (Lipinski definition) is 0. The van der Waals surface area contributed by atoms with Crippen molar-refractivity contribution < 1.29 is 19.1 Å². The summed E-state index contributed by atoms with van der Waals surface area (Å²) < 4.78 is 4.44. The molecule has 6 nitrogen and oxygen atoms in total. The van der Waals surface area contributed by atoms with Crippen LogP contribution in [0.2, 0.25) is 0 Å². The summed E-state index contributed by atoms with van der Waals surface area (Å²) in [4.78, 5) is 28.6. The quantitative estimate of drug-likeness (QED) is 0.374. The van der Waals surface area contributed by atoms with Crippen LogP contribution in [-0.4, -0.2) is 35.7 Å². The van der Waals surface area contributed by atoms with Crippen LogP contribution in [0.15, 0.2) is 16.6 Å². The third-order valence-corrected chi connectivity index (χ3v) is 1.89. The number of carbonyl (C=O) groups is 2. The molecule has 0 radical (unpaired) electrons. The summed E-state index contributed by atoms with van der Waals surface area (Å²) in [6.45, 7) is 0. The summed E-state index contributed by atoms with van der Waals surface area (Å²) in [5.41, 5.74) is 8.82.